The van der Waals surface area contributed by atoms with Gasteiger partial charge in [-0.15, -0.1) is 0 Å². The average molecular weight is 566 g/mol. The number of fused-ring (bicyclic) bond motifs is 3. The average Bonchev–Trinajstić information content (AvgIpc) is 3.41. The van der Waals surface area contributed by atoms with Crippen LogP contribution in [0.25, 0.3) is 17.2 Å². The molecule has 0 saturated carbocycles. The molecule has 5 heteroatoms. The Kier molecular flexibility index (Phi) is 8.14. The second-order valence-corrected chi connectivity index (χ2v) is 10.6. The number of hydrogen-bond donors (Lipinski definition) is 2. The number of benzene rings is 5. The Morgan fingerprint density at radius 2 is 1.51 bits per heavy atom. The maximum absolute atomic E-state index is 13.1. The van der Waals surface area contributed by atoms with Crippen molar-refractivity contribution in [2.75, 3.05) is 11.9 Å². The maximum atomic E-state index is 13.1. The number of carbonyl (C=O) groups is 2. The SMILES string of the molecule is O=C(c1ccccc1)c1ccccc1NC(Cc1ccc(OCC=Cc2ccc3c(c2)Cc2ccccc2-3)cc1)C(=O)O. The lowest BCUT2D eigenvalue weighted by Crippen LogP contribution is -2.32. The molecule has 0 fully saturated rings. The smallest absolute Gasteiger partial charge is 0.326 e. The van der Waals surface area contributed by atoms with Gasteiger partial charge in [-0.05, 0) is 70.1 Å². The molecule has 6 rings (SSSR count). The highest BCUT2D eigenvalue weighted by atomic mass is 16.5. The van der Waals surface area contributed by atoms with Crippen LogP contribution in [0.3, 0.4) is 0 Å². The number of ether oxygens (including phenoxy) is 1. The summed E-state index contributed by atoms with van der Waals surface area (Å²) < 4.78 is 5.90. The highest BCUT2D eigenvalue weighted by molar-refractivity contribution is 6.12. The van der Waals surface area contributed by atoms with Gasteiger partial charge in [0.15, 0.2) is 5.78 Å². The number of ketones is 1. The third-order valence-electron chi connectivity index (χ3n) is 7.67. The van der Waals surface area contributed by atoms with Crippen molar-refractivity contribution >= 4 is 23.5 Å². The Balaban J connectivity index is 1.05. The van der Waals surface area contributed by atoms with E-state index in [9.17, 15) is 14.7 Å². The third kappa shape index (κ3) is 6.41. The Hall–Kier alpha value is -5.42. The lowest BCUT2D eigenvalue weighted by Gasteiger charge is -2.18. The van der Waals surface area contributed by atoms with Crippen molar-refractivity contribution in [2.24, 2.45) is 0 Å². The van der Waals surface area contributed by atoms with Gasteiger partial charge in [-0.1, -0.05) is 103 Å². The minimum Gasteiger partial charge on any atom is -0.490 e. The van der Waals surface area contributed by atoms with Gasteiger partial charge in [-0.2, -0.15) is 0 Å². The fraction of sp³-hybridized carbons (Fsp3) is 0.105. The van der Waals surface area contributed by atoms with Crippen LogP contribution in [0.1, 0.15) is 38.2 Å². The van der Waals surface area contributed by atoms with E-state index >= 15 is 0 Å². The number of anilines is 1. The van der Waals surface area contributed by atoms with E-state index < -0.39 is 12.0 Å². The van der Waals surface area contributed by atoms with Gasteiger partial charge in [0.1, 0.15) is 18.4 Å². The monoisotopic (exact) mass is 565 g/mol. The number of nitrogens with one attached hydrogen (secondary N) is 1. The Bertz CT molecular complexity index is 1790. The molecule has 5 nitrogen and oxygen atoms in total. The molecular formula is C38H31NO4. The highest BCUT2D eigenvalue weighted by Crippen LogP contribution is 2.36. The van der Waals surface area contributed by atoms with E-state index in [1.165, 1.54) is 22.3 Å². The Morgan fingerprint density at radius 3 is 2.33 bits per heavy atom. The highest BCUT2D eigenvalue weighted by Gasteiger charge is 2.21. The Labute approximate surface area is 251 Å². The molecule has 0 aliphatic heterocycles. The van der Waals surface area contributed by atoms with Crippen molar-refractivity contribution in [3.8, 4) is 16.9 Å². The van der Waals surface area contributed by atoms with E-state index in [4.69, 9.17) is 4.74 Å². The number of rotatable bonds is 11. The summed E-state index contributed by atoms with van der Waals surface area (Å²) in [6.45, 7) is 0.419. The van der Waals surface area contributed by atoms with Crippen molar-refractivity contribution in [3.05, 3.63) is 161 Å². The summed E-state index contributed by atoms with van der Waals surface area (Å²) in [5, 5.41) is 13.0. The van der Waals surface area contributed by atoms with Crippen LogP contribution in [0.15, 0.2) is 127 Å². The van der Waals surface area contributed by atoms with Crippen LogP contribution in [0.2, 0.25) is 0 Å². The normalized spacial score (nSPS) is 12.4. The molecule has 1 unspecified atom stereocenters. The van der Waals surface area contributed by atoms with E-state index in [2.05, 4.69) is 53.9 Å². The van der Waals surface area contributed by atoms with Crippen LogP contribution in [0.4, 0.5) is 5.69 Å². The van der Waals surface area contributed by atoms with Gasteiger partial charge in [0.05, 0.1) is 0 Å². The number of hydrogen-bond acceptors (Lipinski definition) is 4. The van der Waals surface area contributed by atoms with Crippen LogP contribution >= 0.6 is 0 Å². The van der Waals surface area contributed by atoms with Crippen molar-refractivity contribution in [1.29, 1.82) is 0 Å². The zero-order chi connectivity index (χ0) is 29.6. The number of carboxylic acid groups (broad SMARTS) is 1. The molecule has 0 amide bonds. The molecule has 1 aliphatic carbocycles. The molecule has 1 aliphatic rings. The van der Waals surface area contributed by atoms with E-state index in [1.54, 1.807) is 48.5 Å². The summed E-state index contributed by atoms with van der Waals surface area (Å²) >= 11 is 0. The van der Waals surface area contributed by atoms with E-state index in [-0.39, 0.29) is 12.2 Å². The van der Waals surface area contributed by atoms with Crippen LogP contribution in [-0.4, -0.2) is 29.5 Å². The van der Waals surface area contributed by atoms with Gasteiger partial charge in [0.2, 0.25) is 0 Å². The standard InChI is InChI=1S/C38H31NO4/c40-37(28-10-2-1-3-11-28)34-14-6-7-15-35(34)39-36(38(41)42)24-27-16-19-31(20-17-27)43-22-8-9-26-18-21-33-30(23-26)25-29-12-4-5-13-32(29)33/h1-21,23,36,39H,22,24-25H2,(H,41,42). The fourth-order valence-corrected chi connectivity index (χ4v) is 5.49. The zero-order valence-corrected chi connectivity index (χ0v) is 23.6. The first-order valence-corrected chi connectivity index (χ1v) is 14.3. The topological polar surface area (TPSA) is 75.6 Å². The first-order valence-electron chi connectivity index (χ1n) is 14.3. The summed E-state index contributed by atoms with van der Waals surface area (Å²) in [6.07, 6.45) is 5.27. The molecule has 0 bridgehead atoms. The van der Waals surface area contributed by atoms with Crippen LogP contribution < -0.4 is 10.1 Å². The first-order chi connectivity index (χ1) is 21.0. The maximum Gasteiger partial charge on any atom is 0.326 e. The van der Waals surface area contributed by atoms with Crippen LogP contribution in [-0.2, 0) is 17.6 Å². The van der Waals surface area contributed by atoms with E-state index in [0.717, 1.165) is 17.5 Å². The molecule has 5 aromatic rings. The summed E-state index contributed by atoms with van der Waals surface area (Å²) in [4.78, 5) is 25.2. The predicted octanol–water partition coefficient (Wildman–Crippen LogP) is 7.69. The lowest BCUT2D eigenvalue weighted by atomic mass is 10.00. The zero-order valence-electron chi connectivity index (χ0n) is 23.6. The molecule has 5 aromatic carbocycles. The van der Waals surface area contributed by atoms with Crippen LogP contribution in [0, 0.1) is 0 Å². The molecular weight excluding hydrogens is 534 g/mol. The molecule has 0 aromatic heterocycles. The van der Waals surface area contributed by atoms with Gasteiger partial charge >= 0.3 is 5.97 Å². The van der Waals surface area contributed by atoms with Gasteiger partial charge < -0.3 is 15.2 Å². The van der Waals surface area contributed by atoms with E-state index in [0.29, 0.717) is 29.2 Å². The van der Waals surface area contributed by atoms with Crippen molar-refractivity contribution < 1.29 is 19.4 Å². The van der Waals surface area contributed by atoms with Crippen LogP contribution in [0.5, 0.6) is 5.75 Å². The molecule has 0 saturated heterocycles. The van der Waals surface area contributed by atoms with Gasteiger partial charge in [-0.3, -0.25) is 4.79 Å². The number of aliphatic carboxylic acids is 1. The summed E-state index contributed by atoms with van der Waals surface area (Å²) in [7, 11) is 0. The van der Waals surface area contributed by atoms with Gasteiger partial charge in [-0.25, -0.2) is 4.79 Å². The second kappa shape index (κ2) is 12.6. The van der Waals surface area contributed by atoms with Gasteiger partial charge in [0, 0.05) is 23.2 Å². The van der Waals surface area contributed by atoms with Crippen molar-refractivity contribution in [3.63, 3.8) is 0 Å². The fourth-order valence-electron chi connectivity index (χ4n) is 5.49. The third-order valence-corrected chi connectivity index (χ3v) is 7.67. The molecule has 0 radical (unpaired) electrons. The quantitative estimate of drug-likeness (QED) is 0.158. The number of para-hydroxylation sites is 1. The molecule has 212 valence electrons. The minimum absolute atomic E-state index is 0.162. The van der Waals surface area contributed by atoms with Gasteiger partial charge in [0.25, 0.3) is 0 Å². The Morgan fingerprint density at radius 1 is 0.791 bits per heavy atom. The summed E-state index contributed by atoms with van der Waals surface area (Å²) in [5.74, 6) is -0.454. The molecule has 0 heterocycles. The molecule has 2 N–H and O–H groups in total. The second-order valence-electron chi connectivity index (χ2n) is 10.6. The molecule has 1 atom stereocenters. The number of carboxylic acids is 1. The van der Waals surface area contributed by atoms with E-state index in [1.807, 2.05) is 36.4 Å². The predicted molar refractivity (Wildman–Crippen MR) is 171 cm³/mol. The lowest BCUT2D eigenvalue weighted by molar-refractivity contribution is -0.137. The molecule has 43 heavy (non-hydrogen) atoms. The summed E-state index contributed by atoms with van der Waals surface area (Å²) in [6, 6.07) is 37.6. The largest absolute Gasteiger partial charge is 0.490 e. The van der Waals surface area contributed by atoms with Crippen molar-refractivity contribution in [2.45, 2.75) is 18.9 Å². The minimum atomic E-state index is -0.997. The number of carbonyl (C=O) groups excluding carboxylic acids is 1. The molecule has 0 spiro atoms. The van der Waals surface area contributed by atoms with Crippen molar-refractivity contribution in [1.82, 2.24) is 0 Å². The first kappa shape index (κ1) is 27.7. The summed E-state index contributed by atoms with van der Waals surface area (Å²) in [5.41, 5.74) is 8.82.